The molecule has 114 valence electrons. The quantitative estimate of drug-likeness (QED) is 0.668. The summed E-state index contributed by atoms with van der Waals surface area (Å²) >= 11 is 0. The van der Waals surface area contributed by atoms with Crippen LogP contribution in [0.1, 0.15) is 40.0 Å². The van der Waals surface area contributed by atoms with Crippen LogP contribution in [0.2, 0.25) is 0 Å². The van der Waals surface area contributed by atoms with E-state index in [1.165, 1.54) is 0 Å². The van der Waals surface area contributed by atoms with Crippen molar-refractivity contribution in [1.29, 1.82) is 0 Å². The maximum atomic E-state index is 12.1. The molecule has 19 heavy (non-hydrogen) atoms. The number of aliphatic carboxylic acids is 1. The third-order valence-corrected chi connectivity index (χ3v) is 2.60. The summed E-state index contributed by atoms with van der Waals surface area (Å²) < 4.78 is 0. The highest BCUT2D eigenvalue weighted by molar-refractivity contribution is 5.85. The van der Waals surface area contributed by atoms with Crippen LogP contribution in [0.4, 0.5) is 0 Å². The summed E-state index contributed by atoms with van der Waals surface area (Å²) in [6.45, 7) is 8.35. The molecule has 0 aromatic carbocycles. The van der Waals surface area contributed by atoms with E-state index in [1.54, 1.807) is 4.90 Å². The topological polar surface area (TPSA) is 60.9 Å². The van der Waals surface area contributed by atoms with Gasteiger partial charge in [-0.25, -0.2) is 0 Å². The second kappa shape index (κ2) is 12.2. The molecule has 0 unspecified atom stereocenters. The van der Waals surface area contributed by atoms with Crippen LogP contribution < -0.4 is 0 Å². The predicted octanol–water partition coefficient (Wildman–Crippen LogP) is 1.85. The van der Waals surface area contributed by atoms with Crippen LogP contribution in [-0.4, -0.2) is 59.5 Å². The minimum Gasteiger partial charge on any atom is -0.480 e. The van der Waals surface area contributed by atoms with Gasteiger partial charge in [-0.05, 0) is 25.8 Å². The van der Waals surface area contributed by atoms with Gasteiger partial charge in [0.1, 0.15) is 0 Å². The molecule has 0 bridgehead atoms. The monoisotopic (exact) mass is 294 g/mol. The third kappa shape index (κ3) is 9.73. The number of halogens is 1. The van der Waals surface area contributed by atoms with E-state index in [2.05, 4.69) is 0 Å². The van der Waals surface area contributed by atoms with Crippen molar-refractivity contribution in [3.8, 4) is 0 Å². The Bertz CT molecular complexity index is 256. The molecular formula is C13H27ClN2O3. The first kappa shape index (κ1) is 20.5. The fourth-order valence-electron chi connectivity index (χ4n) is 1.91. The van der Waals surface area contributed by atoms with Crippen molar-refractivity contribution in [3.63, 3.8) is 0 Å². The van der Waals surface area contributed by atoms with Crippen LogP contribution in [0.5, 0.6) is 0 Å². The van der Waals surface area contributed by atoms with Crippen molar-refractivity contribution in [2.45, 2.75) is 40.0 Å². The number of rotatable bonds is 10. The van der Waals surface area contributed by atoms with Gasteiger partial charge in [-0.2, -0.15) is 0 Å². The average Bonchev–Trinajstić information content (AvgIpc) is 2.28. The van der Waals surface area contributed by atoms with Crippen molar-refractivity contribution < 1.29 is 14.7 Å². The second-order valence-corrected chi connectivity index (χ2v) is 4.49. The van der Waals surface area contributed by atoms with E-state index in [9.17, 15) is 9.59 Å². The van der Waals surface area contributed by atoms with Crippen molar-refractivity contribution >= 4 is 24.3 Å². The lowest BCUT2D eigenvalue weighted by atomic mass is 10.3. The van der Waals surface area contributed by atoms with E-state index in [0.29, 0.717) is 6.54 Å². The molecule has 0 aliphatic heterocycles. The fourth-order valence-corrected chi connectivity index (χ4v) is 1.91. The van der Waals surface area contributed by atoms with E-state index >= 15 is 0 Å². The molecular weight excluding hydrogens is 268 g/mol. The molecule has 0 aliphatic carbocycles. The molecule has 0 atom stereocenters. The van der Waals surface area contributed by atoms with E-state index < -0.39 is 5.97 Å². The Kier molecular flexibility index (Phi) is 13.2. The van der Waals surface area contributed by atoms with Gasteiger partial charge in [0, 0.05) is 13.1 Å². The van der Waals surface area contributed by atoms with Gasteiger partial charge in [-0.15, -0.1) is 12.4 Å². The molecule has 0 spiro atoms. The first-order valence-electron chi connectivity index (χ1n) is 6.77. The van der Waals surface area contributed by atoms with Gasteiger partial charge < -0.3 is 10.0 Å². The van der Waals surface area contributed by atoms with Gasteiger partial charge in [0.25, 0.3) is 0 Å². The SMILES string of the molecule is CCCN(CC(=O)O)CC(=O)N(CCC)CCC.Cl. The molecule has 0 rings (SSSR count). The molecule has 0 saturated carbocycles. The van der Waals surface area contributed by atoms with Crippen molar-refractivity contribution in [1.82, 2.24) is 9.80 Å². The molecule has 0 aliphatic rings. The summed E-state index contributed by atoms with van der Waals surface area (Å²) in [4.78, 5) is 26.3. The first-order chi connectivity index (χ1) is 8.54. The molecule has 6 heteroatoms. The van der Waals surface area contributed by atoms with Crippen LogP contribution in [0.3, 0.4) is 0 Å². The van der Waals surface area contributed by atoms with Gasteiger partial charge >= 0.3 is 5.97 Å². The minimum absolute atomic E-state index is 0. The zero-order chi connectivity index (χ0) is 14.0. The molecule has 0 aromatic rings. The average molecular weight is 295 g/mol. The number of carboxylic acid groups (broad SMARTS) is 1. The highest BCUT2D eigenvalue weighted by Crippen LogP contribution is 1.99. The van der Waals surface area contributed by atoms with E-state index in [0.717, 1.165) is 32.4 Å². The van der Waals surface area contributed by atoms with E-state index in [4.69, 9.17) is 5.11 Å². The molecule has 0 heterocycles. The fraction of sp³-hybridized carbons (Fsp3) is 0.846. The molecule has 0 saturated heterocycles. The summed E-state index contributed by atoms with van der Waals surface area (Å²) in [5, 5.41) is 8.80. The Morgan fingerprint density at radius 2 is 1.37 bits per heavy atom. The molecule has 0 radical (unpaired) electrons. The van der Waals surface area contributed by atoms with Gasteiger partial charge in [-0.3, -0.25) is 14.5 Å². The Morgan fingerprint density at radius 3 is 1.74 bits per heavy atom. The largest absolute Gasteiger partial charge is 0.480 e. The van der Waals surface area contributed by atoms with Crippen LogP contribution in [0.15, 0.2) is 0 Å². The van der Waals surface area contributed by atoms with Crippen LogP contribution in [0.25, 0.3) is 0 Å². The zero-order valence-corrected chi connectivity index (χ0v) is 13.0. The molecule has 0 fully saturated rings. The molecule has 5 nitrogen and oxygen atoms in total. The Hall–Kier alpha value is -0.810. The number of carboxylic acids is 1. The Balaban J connectivity index is 0. The lowest BCUT2D eigenvalue weighted by Crippen LogP contribution is -2.43. The summed E-state index contributed by atoms with van der Waals surface area (Å²) in [5.74, 6) is -0.845. The van der Waals surface area contributed by atoms with Crippen molar-refractivity contribution in [2.24, 2.45) is 0 Å². The highest BCUT2D eigenvalue weighted by atomic mass is 35.5. The molecule has 1 N–H and O–H groups in total. The number of nitrogens with zero attached hydrogens (tertiary/aromatic N) is 2. The van der Waals surface area contributed by atoms with Crippen LogP contribution >= 0.6 is 12.4 Å². The predicted molar refractivity (Wildman–Crippen MR) is 78.8 cm³/mol. The maximum absolute atomic E-state index is 12.1. The molecule has 1 amide bonds. The highest BCUT2D eigenvalue weighted by Gasteiger charge is 2.17. The van der Waals surface area contributed by atoms with Gasteiger partial charge in [-0.1, -0.05) is 20.8 Å². The number of carbonyl (C=O) groups excluding carboxylic acids is 1. The van der Waals surface area contributed by atoms with Crippen LogP contribution in [-0.2, 0) is 9.59 Å². The summed E-state index contributed by atoms with van der Waals surface area (Å²) in [7, 11) is 0. The van der Waals surface area contributed by atoms with Crippen LogP contribution in [0, 0.1) is 0 Å². The number of hydrogen-bond acceptors (Lipinski definition) is 3. The third-order valence-electron chi connectivity index (χ3n) is 2.60. The van der Waals surface area contributed by atoms with Gasteiger partial charge in [0.05, 0.1) is 13.1 Å². The number of amides is 1. The van der Waals surface area contributed by atoms with Gasteiger partial charge in [0.15, 0.2) is 0 Å². The van der Waals surface area contributed by atoms with Gasteiger partial charge in [0.2, 0.25) is 5.91 Å². The zero-order valence-electron chi connectivity index (χ0n) is 12.2. The standard InChI is InChI=1S/C13H26N2O3.ClH/c1-4-7-14(11-13(17)18)10-12(16)15(8-5-2)9-6-3;/h4-11H2,1-3H3,(H,17,18);1H. The first-order valence-corrected chi connectivity index (χ1v) is 6.77. The summed E-state index contributed by atoms with van der Waals surface area (Å²) in [6, 6.07) is 0. The second-order valence-electron chi connectivity index (χ2n) is 4.49. The van der Waals surface area contributed by atoms with Crippen molar-refractivity contribution in [3.05, 3.63) is 0 Å². The van der Waals surface area contributed by atoms with E-state index in [1.807, 2.05) is 25.7 Å². The van der Waals surface area contributed by atoms with Crippen molar-refractivity contribution in [2.75, 3.05) is 32.7 Å². The maximum Gasteiger partial charge on any atom is 0.317 e. The van der Waals surface area contributed by atoms with E-state index in [-0.39, 0.29) is 31.4 Å². The lowest BCUT2D eigenvalue weighted by Gasteiger charge is -2.26. The Labute approximate surface area is 122 Å². The smallest absolute Gasteiger partial charge is 0.317 e. The summed E-state index contributed by atoms with van der Waals surface area (Å²) in [6.07, 6.45) is 2.71. The molecule has 0 aromatic heterocycles. The summed E-state index contributed by atoms with van der Waals surface area (Å²) in [5.41, 5.74) is 0. The normalized spacial score (nSPS) is 10.1. The number of hydrogen-bond donors (Lipinski definition) is 1. The number of carbonyl (C=O) groups is 2. The lowest BCUT2D eigenvalue weighted by molar-refractivity contribution is -0.139. The Morgan fingerprint density at radius 1 is 0.895 bits per heavy atom. The minimum atomic E-state index is -0.881.